The van der Waals surface area contributed by atoms with E-state index in [1.54, 1.807) is 0 Å². The Hall–Kier alpha value is -1.32. The molecule has 1 heterocycles. The first-order valence-electron chi connectivity index (χ1n) is 7.23. The molecule has 20 heavy (non-hydrogen) atoms. The Morgan fingerprint density at radius 3 is 1.95 bits per heavy atom. The minimum Gasteiger partial charge on any atom is -0.383 e. The van der Waals surface area contributed by atoms with Crippen LogP contribution in [0.3, 0.4) is 0 Å². The summed E-state index contributed by atoms with van der Waals surface area (Å²) in [6.45, 7) is 17.2. The molecule has 1 aromatic heterocycles. The summed E-state index contributed by atoms with van der Waals surface area (Å²) in [4.78, 5) is 11.4. The third-order valence-electron chi connectivity index (χ3n) is 4.00. The Morgan fingerprint density at radius 2 is 1.55 bits per heavy atom. The highest BCUT2D eigenvalue weighted by Crippen LogP contribution is 2.31. The first kappa shape index (κ1) is 16.7. The highest BCUT2D eigenvalue weighted by atomic mass is 15.2. The highest BCUT2D eigenvalue weighted by Gasteiger charge is 2.28. The zero-order valence-electron chi connectivity index (χ0n) is 14.5. The maximum atomic E-state index is 6.09. The van der Waals surface area contributed by atoms with Crippen LogP contribution in [-0.2, 0) is 5.41 Å². The molecule has 0 aliphatic heterocycles. The summed E-state index contributed by atoms with van der Waals surface area (Å²) >= 11 is 0. The second-order valence-corrected chi connectivity index (χ2v) is 7.78. The smallest absolute Gasteiger partial charge is 0.138 e. The number of hydrogen-bond acceptors (Lipinski definition) is 4. The van der Waals surface area contributed by atoms with Crippen molar-refractivity contribution in [2.45, 2.75) is 66.8 Å². The second kappa shape index (κ2) is 5.23. The molecule has 4 nitrogen and oxygen atoms in total. The third kappa shape index (κ3) is 3.41. The lowest BCUT2D eigenvalue weighted by Crippen LogP contribution is -2.40. The summed E-state index contributed by atoms with van der Waals surface area (Å²) in [5.41, 5.74) is 7.10. The van der Waals surface area contributed by atoms with Crippen LogP contribution in [0.4, 0.5) is 11.6 Å². The van der Waals surface area contributed by atoms with Gasteiger partial charge in [0.25, 0.3) is 0 Å². The van der Waals surface area contributed by atoms with Gasteiger partial charge in [0.1, 0.15) is 17.5 Å². The molecule has 0 saturated heterocycles. The zero-order chi connectivity index (χ0) is 15.9. The average Bonchev–Trinajstić information content (AvgIpc) is 2.28. The van der Waals surface area contributed by atoms with E-state index in [0.29, 0.717) is 11.9 Å². The molecule has 2 N–H and O–H groups in total. The SMILES string of the molecule is Cc1c(N)nc(C(C)(C)C)nc1N(C)C(C)C(C)(C)C. The van der Waals surface area contributed by atoms with Crippen LogP contribution in [0.1, 0.15) is 59.9 Å². The van der Waals surface area contributed by atoms with Gasteiger partial charge in [-0.25, -0.2) is 9.97 Å². The van der Waals surface area contributed by atoms with Crippen LogP contribution in [0, 0.1) is 12.3 Å². The molecule has 1 unspecified atom stereocenters. The maximum Gasteiger partial charge on any atom is 0.138 e. The molecule has 0 amide bonds. The van der Waals surface area contributed by atoms with E-state index >= 15 is 0 Å². The fraction of sp³-hybridized carbons (Fsp3) is 0.750. The number of anilines is 2. The lowest BCUT2D eigenvalue weighted by atomic mass is 9.87. The molecule has 0 bridgehead atoms. The maximum absolute atomic E-state index is 6.09. The number of rotatable bonds is 2. The molecule has 114 valence electrons. The molecule has 0 aliphatic carbocycles. The number of nitrogen functional groups attached to an aromatic ring is 1. The van der Waals surface area contributed by atoms with Crippen molar-refractivity contribution >= 4 is 11.6 Å². The Morgan fingerprint density at radius 1 is 1.05 bits per heavy atom. The van der Waals surface area contributed by atoms with E-state index < -0.39 is 0 Å². The Balaban J connectivity index is 3.34. The predicted octanol–water partition coefficient (Wildman–Crippen LogP) is 3.54. The summed E-state index contributed by atoms with van der Waals surface area (Å²) in [5, 5.41) is 0. The number of aromatic nitrogens is 2. The minimum absolute atomic E-state index is 0.109. The first-order valence-corrected chi connectivity index (χ1v) is 7.23. The van der Waals surface area contributed by atoms with Crippen molar-refractivity contribution in [2.75, 3.05) is 17.7 Å². The molecule has 0 aliphatic rings. The van der Waals surface area contributed by atoms with Crippen LogP contribution in [-0.4, -0.2) is 23.1 Å². The van der Waals surface area contributed by atoms with Crippen molar-refractivity contribution in [3.8, 4) is 0 Å². The molecule has 0 saturated carbocycles. The molecule has 1 aromatic rings. The van der Waals surface area contributed by atoms with Crippen molar-refractivity contribution in [1.82, 2.24) is 9.97 Å². The summed E-state index contributed by atoms with van der Waals surface area (Å²) in [6.07, 6.45) is 0. The van der Waals surface area contributed by atoms with E-state index in [4.69, 9.17) is 10.7 Å². The van der Waals surface area contributed by atoms with Gasteiger partial charge in [-0.3, -0.25) is 0 Å². The van der Waals surface area contributed by atoms with Crippen molar-refractivity contribution in [1.29, 1.82) is 0 Å². The fourth-order valence-corrected chi connectivity index (χ4v) is 1.96. The molecule has 0 radical (unpaired) electrons. The van der Waals surface area contributed by atoms with Crippen molar-refractivity contribution in [3.05, 3.63) is 11.4 Å². The highest BCUT2D eigenvalue weighted by molar-refractivity contribution is 5.57. The summed E-state index contributed by atoms with van der Waals surface area (Å²) < 4.78 is 0. The van der Waals surface area contributed by atoms with Crippen molar-refractivity contribution in [2.24, 2.45) is 5.41 Å². The lowest BCUT2D eigenvalue weighted by molar-refractivity contribution is 0.328. The Bertz CT molecular complexity index is 480. The summed E-state index contributed by atoms with van der Waals surface area (Å²) in [5.74, 6) is 2.31. The number of hydrogen-bond donors (Lipinski definition) is 1. The standard InChI is InChI=1S/C16H30N4/c1-10-12(17)18-14(16(6,7)8)19-13(10)20(9)11(2)15(3,4)5/h11H,1-9H3,(H2,17,18,19). The van der Waals surface area contributed by atoms with Crippen LogP contribution < -0.4 is 10.6 Å². The molecular weight excluding hydrogens is 248 g/mol. The van der Waals surface area contributed by atoms with E-state index in [2.05, 4.69) is 65.4 Å². The van der Waals surface area contributed by atoms with E-state index in [9.17, 15) is 0 Å². The Labute approximate surface area is 123 Å². The van der Waals surface area contributed by atoms with Gasteiger partial charge in [-0.05, 0) is 19.3 Å². The summed E-state index contributed by atoms with van der Waals surface area (Å²) in [6, 6.07) is 0.350. The Kier molecular flexibility index (Phi) is 4.37. The van der Waals surface area contributed by atoms with Gasteiger partial charge < -0.3 is 10.6 Å². The van der Waals surface area contributed by atoms with Gasteiger partial charge in [0.2, 0.25) is 0 Å². The van der Waals surface area contributed by atoms with Gasteiger partial charge >= 0.3 is 0 Å². The monoisotopic (exact) mass is 278 g/mol. The van der Waals surface area contributed by atoms with E-state index in [-0.39, 0.29) is 10.8 Å². The topological polar surface area (TPSA) is 55.0 Å². The lowest BCUT2D eigenvalue weighted by Gasteiger charge is -2.37. The zero-order valence-corrected chi connectivity index (χ0v) is 14.5. The molecule has 1 atom stereocenters. The van der Waals surface area contributed by atoms with E-state index in [1.807, 2.05) is 6.92 Å². The first-order chi connectivity index (χ1) is 8.85. The van der Waals surface area contributed by atoms with Crippen molar-refractivity contribution < 1.29 is 0 Å². The third-order valence-corrected chi connectivity index (χ3v) is 4.00. The molecule has 0 aromatic carbocycles. The van der Waals surface area contributed by atoms with Crippen LogP contribution in [0.5, 0.6) is 0 Å². The molecule has 0 spiro atoms. The van der Waals surface area contributed by atoms with Crippen LogP contribution in [0.2, 0.25) is 0 Å². The van der Waals surface area contributed by atoms with E-state index in [1.165, 1.54) is 0 Å². The normalized spacial score (nSPS) is 14.2. The molecule has 1 rings (SSSR count). The predicted molar refractivity (Wildman–Crippen MR) is 87.2 cm³/mol. The van der Waals surface area contributed by atoms with Crippen LogP contribution in [0.15, 0.2) is 0 Å². The van der Waals surface area contributed by atoms with Crippen LogP contribution in [0.25, 0.3) is 0 Å². The van der Waals surface area contributed by atoms with Crippen LogP contribution >= 0.6 is 0 Å². The molecular formula is C16H30N4. The quantitative estimate of drug-likeness (QED) is 0.899. The van der Waals surface area contributed by atoms with Crippen molar-refractivity contribution in [3.63, 3.8) is 0 Å². The minimum atomic E-state index is -0.109. The van der Waals surface area contributed by atoms with Gasteiger partial charge in [0.05, 0.1) is 0 Å². The summed E-state index contributed by atoms with van der Waals surface area (Å²) in [7, 11) is 2.08. The second-order valence-electron chi connectivity index (χ2n) is 7.78. The average molecular weight is 278 g/mol. The molecule has 0 fully saturated rings. The van der Waals surface area contributed by atoms with Gasteiger partial charge in [0.15, 0.2) is 0 Å². The van der Waals surface area contributed by atoms with Gasteiger partial charge in [0, 0.05) is 24.1 Å². The van der Waals surface area contributed by atoms with Gasteiger partial charge in [-0.15, -0.1) is 0 Å². The van der Waals surface area contributed by atoms with Gasteiger partial charge in [-0.2, -0.15) is 0 Å². The van der Waals surface area contributed by atoms with E-state index in [0.717, 1.165) is 17.2 Å². The molecule has 4 heteroatoms. The fourth-order valence-electron chi connectivity index (χ4n) is 1.96. The van der Waals surface area contributed by atoms with Gasteiger partial charge in [-0.1, -0.05) is 41.5 Å². The largest absolute Gasteiger partial charge is 0.383 e. The number of nitrogens with zero attached hydrogens (tertiary/aromatic N) is 3. The number of nitrogens with two attached hydrogens (primary N) is 1.